The van der Waals surface area contributed by atoms with E-state index in [-0.39, 0.29) is 35.8 Å². The molecule has 6 heteroatoms. The van der Waals surface area contributed by atoms with Crippen LogP contribution < -0.4 is 10.1 Å². The maximum absolute atomic E-state index is 12.5. The maximum Gasteiger partial charge on any atom is 0.251 e. The number of benzene rings is 2. The summed E-state index contributed by atoms with van der Waals surface area (Å²) >= 11 is 5.93. The summed E-state index contributed by atoms with van der Waals surface area (Å²) in [6, 6.07) is 9.59. The number of phenols is 1. The molecular weight excluding hydrogens is 366 g/mol. The van der Waals surface area contributed by atoms with Crippen LogP contribution in [0.3, 0.4) is 0 Å². The summed E-state index contributed by atoms with van der Waals surface area (Å²) in [5, 5.41) is 13.2. The molecule has 0 atom stereocenters. The van der Waals surface area contributed by atoms with Crippen LogP contribution in [0, 0.1) is 0 Å². The minimum Gasteiger partial charge on any atom is -0.508 e. The molecule has 0 spiro atoms. The largest absolute Gasteiger partial charge is 0.508 e. The number of amides is 1. The topological polar surface area (TPSA) is 75.6 Å². The third kappa shape index (κ3) is 6.00. The third-order valence-electron chi connectivity index (χ3n) is 3.85. The number of ketones is 1. The lowest BCUT2D eigenvalue weighted by atomic mass is 9.99. The summed E-state index contributed by atoms with van der Waals surface area (Å²) in [5.41, 5.74) is 1.18. The number of hydrogen-bond acceptors (Lipinski definition) is 4. The average Bonchev–Trinajstić information content (AvgIpc) is 2.56. The molecule has 5 nitrogen and oxygen atoms in total. The Balaban J connectivity index is 2.21. The Labute approximate surface area is 164 Å². The van der Waals surface area contributed by atoms with Gasteiger partial charge < -0.3 is 15.2 Å². The van der Waals surface area contributed by atoms with Crippen LogP contribution in [0.1, 0.15) is 42.3 Å². The van der Waals surface area contributed by atoms with Gasteiger partial charge in [-0.05, 0) is 57.2 Å². The molecule has 0 aliphatic heterocycles. The molecule has 1 amide bonds. The normalized spacial score (nSPS) is 11.1. The Morgan fingerprint density at radius 3 is 2.37 bits per heavy atom. The van der Waals surface area contributed by atoms with E-state index < -0.39 is 0 Å². The molecule has 27 heavy (non-hydrogen) atoms. The first-order valence-electron chi connectivity index (χ1n) is 8.57. The zero-order valence-corrected chi connectivity index (χ0v) is 16.7. The van der Waals surface area contributed by atoms with E-state index in [1.165, 1.54) is 13.2 Å². The van der Waals surface area contributed by atoms with Crippen LogP contribution in [-0.2, 0) is 17.6 Å². The highest BCUT2D eigenvalue weighted by Crippen LogP contribution is 2.25. The van der Waals surface area contributed by atoms with Crippen molar-refractivity contribution in [1.82, 2.24) is 5.32 Å². The van der Waals surface area contributed by atoms with E-state index in [9.17, 15) is 14.7 Å². The van der Waals surface area contributed by atoms with E-state index in [1.54, 1.807) is 30.3 Å². The highest BCUT2D eigenvalue weighted by Gasteiger charge is 2.18. The number of phenolic OH excluding ortho intramolecular Hbond substituents is 1. The average molecular weight is 390 g/mol. The molecular formula is C21H24ClNO4. The Morgan fingerprint density at radius 1 is 1.07 bits per heavy atom. The highest BCUT2D eigenvalue weighted by molar-refractivity contribution is 6.30. The van der Waals surface area contributed by atoms with Gasteiger partial charge in [0.05, 0.1) is 7.11 Å². The lowest BCUT2D eigenvalue weighted by Gasteiger charge is -2.21. The Hall–Kier alpha value is -2.53. The first-order chi connectivity index (χ1) is 12.6. The van der Waals surface area contributed by atoms with Crippen molar-refractivity contribution in [1.29, 1.82) is 0 Å². The first kappa shape index (κ1) is 20.8. The van der Waals surface area contributed by atoms with Crippen LogP contribution in [0.15, 0.2) is 36.4 Å². The molecule has 0 radical (unpaired) electrons. The fraction of sp³-hybridized carbons (Fsp3) is 0.333. The van der Waals surface area contributed by atoms with Crippen LogP contribution in [0.4, 0.5) is 0 Å². The summed E-state index contributed by atoms with van der Waals surface area (Å²) in [6.07, 6.45) is 0.111. The second-order valence-corrected chi connectivity index (χ2v) is 7.83. The Bertz CT molecular complexity index is 856. The number of Topliss-reactive ketones (excluding diaryl/α,β-unsaturated/α-hetero) is 1. The molecule has 2 aromatic carbocycles. The van der Waals surface area contributed by atoms with Crippen molar-refractivity contribution in [2.75, 3.05) is 7.11 Å². The van der Waals surface area contributed by atoms with E-state index >= 15 is 0 Å². The number of ether oxygens (including phenoxy) is 1. The second kappa shape index (κ2) is 8.44. The van der Waals surface area contributed by atoms with Crippen molar-refractivity contribution < 1.29 is 19.4 Å². The molecule has 0 saturated carbocycles. The predicted molar refractivity (Wildman–Crippen MR) is 106 cm³/mol. The fourth-order valence-corrected chi connectivity index (χ4v) is 2.85. The van der Waals surface area contributed by atoms with Gasteiger partial charge in [0.2, 0.25) is 0 Å². The summed E-state index contributed by atoms with van der Waals surface area (Å²) in [4.78, 5) is 24.9. The van der Waals surface area contributed by atoms with E-state index in [4.69, 9.17) is 16.3 Å². The van der Waals surface area contributed by atoms with E-state index in [1.807, 2.05) is 20.8 Å². The SMILES string of the molecule is COc1ccc(C(=O)NC(C)(C)C)cc1CC(=O)Cc1cc(Cl)ccc1O. The van der Waals surface area contributed by atoms with Crippen LogP contribution in [0.25, 0.3) is 0 Å². The molecule has 0 saturated heterocycles. The van der Waals surface area contributed by atoms with Gasteiger partial charge >= 0.3 is 0 Å². The molecule has 0 bridgehead atoms. The number of carbonyl (C=O) groups is 2. The smallest absolute Gasteiger partial charge is 0.251 e. The second-order valence-electron chi connectivity index (χ2n) is 7.40. The summed E-state index contributed by atoms with van der Waals surface area (Å²) in [7, 11) is 1.51. The molecule has 0 aliphatic carbocycles. The Kier molecular flexibility index (Phi) is 6.50. The van der Waals surface area contributed by atoms with Gasteiger partial charge in [-0.1, -0.05) is 11.6 Å². The standard InChI is InChI=1S/C21H24ClNO4/c1-21(2,3)23-20(26)13-5-8-19(27-4)15(9-13)12-17(24)11-14-10-16(22)6-7-18(14)25/h5-10,25H,11-12H2,1-4H3,(H,23,26). The summed E-state index contributed by atoms with van der Waals surface area (Å²) in [6.45, 7) is 5.70. The van der Waals surface area contributed by atoms with E-state index in [0.29, 0.717) is 27.5 Å². The lowest BCUT2D eigenvalue weighted by Crippen LogP contribution is -2.40. The van der Waals surface area contributed by atoms with Crippen molar-refractivity contribution in [3.8, 4) is 11.5 Å². The zero-order valence-electron chi connectivity index (χ0n) is 15.9. The number of methoxy groups -OCH3 is 1. The number of rotatable bonds is 6. The molecule has 0 fully saturated rings. The van der Waals surface area contributed by atoms with Crippen LogP contribution in [0.2, 0.25) is 5.02 Å². The lowest BCUT2D eigenvalue weighted by molar-refractivity contribution is -0.117. The van der Waals surface area contributed by atoms with E-state index in [2.05, 4.69) is 5.32 Å². The molecule has 144 valence electrons. The number of aromatic hydroxyl groups is 1. The third-order valence-corrected chi connectivity index (χ3v) is 4.08. The van der Waals surface area contributed by atoms with Crippen molar-refractivity contribution in [2.24, 2.45) is 0 Å². The first-order valence-corrected chi connectivity index (χ1v) is 8.95. The number of carbonyl (C=O) groups excluding carboxylic acids is 2. The highest BCUT2D eigenvalue weighted by atomic mass is 35.5. The minimum atomic E-state index is -0.364. The molecule has 0 unspecified atom stereocenters. The summed E-state index contributed by atoms with van der Waals surface area (Å²) < 4.78 is 5.32. The zero-order chi connectivity index (χ0) is 20.2. The maximum atomic E-state index is 12.5. The van der Waals surface area contributed by atoms with Crippen molar-refractivity contribution in [2.45, 2.75) is 39.2 Å². The molecule has 0 aromatic heterocycles. The minimum absolute atomic E-state index is 0.0259. The quantitative estimate of drug-likeness (QED) is 0.784. The van der Waals surface area contributed by atoms with Gasteiger partial charge in [0.25, 0.3) is 5.91 Å². The van der Waals surface area contributed by atoms with Gasteiger partial charge in [-0.3, -0.25) is 9.59 Å². The van der Waals surface area contributed by atoms with Gasteiger partial charge in [0.15, 0.2) is 0 Å². The van der Waals surface area contributed by atoms with Gasteiger partial charge in [0, 0.05) is 40.1 Å². The van der Waals surface area contributed by atoms with Crippen LogP contribution in [0.5, 0.6) is 11.5 Å². The van der Waals surface area contributed by atoms with Crippen LogP contribution in [-0.4, -0.2) is 29.4 Å². The van der Waals surface area contributed by atoms with Gasteiger partial charge in [-0.15, -0.1) is 0 Å². The summed E-state index contributed by atoms with van der Waals surface area (Å²) in [5.74, 6) is 0.217. The van der Waals surface area contributed by atoms with Crippen molar-refractivity contribution in [3.63, 3.8) is 0 Å². The molecule has 2 aromatic rings. The van der Waals surface area contributed by atoms with Crippen molar-refractivity contribution >= 4 is 23.3 Å². The number of nitrogens with one attached hydrogen (secondary N) is 1. The van der Waals surface area contributed by atoms with Crippen LogP contribution >= 0.6 is 11.6 Å². The molecule has 0 heterocycles. The van der Waals surface area contributed by atoms with Crippen molar-refractivity contribution in [3.05, 3.63) is 58.1 Å². The number of halogens is 1. The van der Waals surface area contributed by atoms with Gasteiger partial charge in [0.1, 0.15) is 17.3 Å². The monoisotopic (exact) mass is 389 g/mol. The molecule has 2 N–H and O–H groups in total. The van der Waals surface area contributed by atoms with E-state index in [0.717, 1.165) is 0 Å². The fourth-order valence-electron chi connectivity index (χ4n) is 2.65. The number of hydrogen-bond donors (Lipinski definition) is 2. The van der Waals surface area contributed by atoms with Gasteiger partial charge in [-0.2, -0.15) is 0 Å². The molecule has 0 aliphatic rings. The Morgan fingerprint density at radius 2 is 1.74 bits per heavy atom. The predicted octanol–water partition coefficient (Wildman–Crippen LogP) is 3.94. The molecule has 2 rings (SSSR count). The van der Waals surface area contributed by atoms with Gasteiger partial charge in [-0.25, -0.2) is 0 Å².